The Labute approximate surface area is 231 Å². The lowest BCUT2D eigenvalue weighted by Gasteiger charge is -2.11. The van der Waals surface area contributed by atoms with Gasteiger partial charge in [-0.25, -0.2) is 4.79 Å². The van der Waals surface area contributed by atoms with E-state index in [-0.39, 0.29) is 24.2 Å². The van der Waals surface area contributed by atoms with Crippen molar-refractivity contribution in [3.8, 4) is 5.75 Å². The second kappa shape index (κ2) is 13.1. The maximum absolute atomic E-state index is 13.0. The first kappa shape index (κ1) is 27.9. The number of esters is 1. The van der Waals surface area contributed by atoms with Gasteiger partial charge in [-0.3, -0.25) is 9.36 Å². The Bertz CT molecular complexity index is 1310. The number of benzene rings is 1. The lowest BCUT2D eigenvalue weighted by atomic mass is 10.1. The standard InChI is InChI=1S/C28H34N4O4S2/c1-5-14-32-23(16-36-21-13-12-18(3)15-19(21)4)30-31-28(32)37-17-24(33)29-26-25(27(34)35-6-2)20-10-8-7-9-11-22(20)38-26/h5,12-13,15H,1,6-11,14,16-17H2,2-4H3,(H,29,33). The van der Waals surface area contributed by atoms with E-state index in [9.17, 15) is 9.59 Å². The number of aromatic nitrogens is 3. The van der Waals surface area contributed by atoms with Crippen molar-refractivity contribution >= 4 is 40.0 Å². The van der Waals surface area contributed by atoms with Crippen molar-refractivity contribution < 1.29 is 19.1 Å². The highest BCUT2D eigenvalue weighted by Gasteiger charge is 2.27. The molecular formula is C28H34N4O4S2. The summed E-state index contributed by atoms with van der Waals surface area (Å²) in [5, 5.41) is 12.7. The van der Waals surface area contributed by atoms with E-state index in [2.05, 4.69) is 28.2 Å². The van der Waals surface area contributed by atoms with Crippen molar-refractivity contribution in [3.63, 3.8) is 0 Å². The largest absolute Gasteiger partial charge is 0.485 e. The van der Waals surface area contributed by atoms with Gasteiger partial charge in [0.15, 0.2) is 11.0 Å². The third kappa shape index (κ3) is 6.66. The van der Waals surface area contributed by atoms with E-state index in [1.54, 1.807) is 13.0 Å². The van der Waals surface area contributed by atoms with Crippen molar-refractivity contribution in [2.45, 2.75) is 71.2 Å². The maximum atomic E-state index is 13.0. The van der Waals surface area contributed by atoms with E-state index in [1.165, 1.54) is 33.5 Å². The van der Waals surface area contributed by atoms with Crippen molar-refractivity contribution in [1.29, 1.82) is 0 Å². The Kier molecular flexibility index (Phi) is 9.63. The van der Waals surface area contributed by atoms with Crippen LogP contribution in [0.2, 0.25) is 0 Å². The summed E-state index contributed by atoms with van der Waals surface area (Å²) in [6.07, 6.45) is 6.79. The molecule has 0 saturated heterocycles. The number of amides is 1. The van der Waals surface area contributed by atoms with E-state index in [0.717, 1.165) is 49.0 Å². The minimum Gasteiger partial charge on any atom is -0.485 e. The minimum absolute atomic E-state index is 0.123. The van der Waals surface area contributed by atoms with Gasteiger partial charge < -0.3 is 14.8 Å². The number of nitrogens with zero attached hydrogens (tertiary/aromatic N) is 3. The summed E-state index contributed by atoms with van der Waals surface area (Å²) in [4.78, 5) is 26.9. The van der Waals surface area contributed by atoms with Gasteiger partial charge >= 0.3 is 5.97 Å². The molecular weight excluding hydrogens is 520 g/mol. The predicted molar refractivity (Wildman–Crippen MR) is 151 cm³/mol. The number of rotatable bonds is 11. The number of carbonyl (C=O) groups excluding carboxylic acids is 2. The molecule has 2 aromatic heterocycles. The van der Waals surface area contributed by atoms with Gasteiger partial charge in [-0.2, -0.15) is 0 Å². The molecule has 0 fully saturated rings. The van der Waals surface area contributed by atoms with E-state index in [0.29, 0.717) is 34.7 Å². The summed E-state index contributed by atoms with van der Waals surface area (Å²) in [5.41, 5.74) is 3.79. The minimum atomic E-state index is -0.367. The van der Waals surface area contributed by atoms with E-state index >= 15 is 0 Å². The third-order valence-corrected chi connectivity index (χ3v) is 8.45. The van der Waals surface area contributed by atoms with Gasteiger partial charge in [-0.05, 0) is 63.6 Å². The van der Waals surface area contributed by atoms with Crippen molar-refractivity contribution in [2.75, 3.05) is 17.7 Å². The summed E-state index contributed by atoms with van der Waals surface area (Å²) in [7, 11) is 0. The number of nitrogens with one attached hydrogen (secondary N) is 1. The van der Waals surface area contributed by atoms with Gasteiger partial charge in [0.2, 0.25) is 5.91 Å². The molecule has 0 bridgehead atoms. The number of aryl methyl sites for hydroxylation is 3. The highest BCUT2D eigenvalue weighted by molar-refractivity contribution is 7.99. The zero-order valence-corrected chi connectivity index (χ0v) is 23.8. The first-order valence-corrected chi connectivity index (χ1v) is 14.7. The summed E-state index contributed by atoms with van der Waals surface area (Å²) >= 11 is 2.78. The highest BCUT2D eigenvalue weighted by atomic mass is 32.2. The summed E-state index contributed by atoms with van der Waals surface area (Å²) in [6, 6.07) is 6.03. The second-order valence-corrected chi connectivity index (χ2v) is 11.2. The van der Waals surface area contributed by atoms with Crippen molar-refractivity contribution in [3.05, 3.63) is 63.8 Å². The fourth-order valence-electron chi connectivity index (χ4n) is 4.49. The van der Waals surface area contributed by atoms with E-state index in [1.807, 2.05) is 30.5 Å². The van der Waals surface area contributed by atoms with Gasteiger partial charge in [0.25, 0.3) is 0 Å². The fourth-order valence-corrected chi connectivity index (χ4v) is 6.55. The van der Waals surface area contributed by atoms with Crippen LogP contribution in [-0.4, -0.2) is 39.0 Å². The highest BCUT2D eigenvalue weighted by Crippen LogP contribution is 2.38. The molecule has 1 aliphatic carbocycles. The zero-order valence-electron chi connectivity index (χ0n) is 22.2. The molecule has 0 atom stereocenters. The number of hydrogen-bond acceptors (Lipinski definition) is 8. The zero-order chi connectivity index (χ0) is 27.1. The summed E-state index contributed by atoms with van der Waals surface area (Å²) in [6.45, 7) is 10.7. The molecule has 38 heavy (non-hydrogen) atoms. The van der Waals surface area contributed by atoms with E-state index < -0.39 is 0 Å². The molecule has 0 unspecified atom stereocenters. The van der Waals surface area contributed by atoms with Crippen LogP contribution in [0.15, 0.2) is 36.0 Å². The molecule has 1 aromatic carbocycles. The van der Waals surface area contributed by atoms with Crippen LogP contribution in [0.1, 0.15) is 63.9 Å². The van der Waals surface area contributed by atoms with Crippen molar-refractivity contribution in [1.82, 2.24) is 14.8 Å². The first-order valence-electron chi connectivity index (χ1n) is 12.9. The molecule has 0 aliphatic heterocycles. The van der Waals surface area contributed by atoms with Gasteiger partial charge in [-0.1, -0.05) is 42.0 Å². The Morgan fingerprint density at radius 1 is 1.21 bits per heavy atom. The molecule has 8 nitrogen and oxygen atoms in total. The maximum Gasteiger partial charge on any atom is 0.341 e. The molecule has 1 N–H and O–H groups in total. The molecule has 4 rings (SSSR count). The van der Waals surface area contributed by atoms with Crippen LogP contribution >= 0.6 is 23.1 Å². The molecule has 0 saturated carbocycles. The van der Waals surface area contributed by atoms with Gasteiger partial charge in [0, 0.05) is 11.4 Å². The predicted octanol–water partition coefficient (Wildman–Crippen LogP) is 5.90. The van der Waals surface area contributed by atoms with Crippen LogP contribution in [0.25, 0.3) is 0 Å². The number of fused-ring (bicyclic) bond motifs is 1. The lowest BCUT2D eigenvalue weighted by Crippen LogP contribution is -2.17. The van der Waals surface area contributed by atoms with Crippen LogP contribution in [-0.2, 0) is 35.5 Å². The summed E-state index contributed by atoms with van der Waals surface area (Å²) < 4.78 is 13.2. The molecule has 2 heterocycles. The number of hydrogen-bond donors (Lipinski definition) is 1. The van der Waals surface area contributed by atoms with E-state index in [4.69, 9.17) is 9.47 Å². The number of allylic oxidation sites excluding steroid dienone is 1. The number of thiophene rings is 1. The topological polar surface area (TPSA) is 95.3 Å². The van der Waals surface area contributed by atoms with Gasteiger partial charge in [0.05, 0.1) is 17.9 Å². The SMILES string of the molecule is C=CCn1c(COc2ccc(C)cc2C)nnc1SCC(=O)Nc1sc2c(c1C(=O)OCC)CCCCC2. The normalized spacial score (nSPS) is 12.9. The Morgan fingerprint density at radius 3 is 2.79 bits per heavy atom. The Morgan fingerprint density at radius 2 is 2.03 bits per heavy atom. The second-order valence-electron chi connectivity index (χ2n) is 9.18. The summed E-state index contributed by atoms with van der Waals surface area (Å²) in [5.74, 6) is 0.994. The average Bonchev–Trinajstić information content (AvgIpc) is 3.34. The van der Waals surface area contributed by atoms with Gasteiger partial charge in [-0.15, -0.1) is 28.1 Å². The lowest BCUT2D eigenvalue weighted by molar-refractivity contribution is -0.113. The van der Waals surface area contributed by atoms with Crippen molar-refractivity contribution in [2.24, 2.45) is 0 Å². The molecule has 10 heteroatoms. The monoisotopic (exact) mass is 554 g/mol. The first-order chi connectivity index (χ1) is 18.4. The fraction of sp³-hybridized carbons (Fsp3) is 0.429. The number of thioether (sulfide) groups is 1. The Balaban J connectivity index is 1.44. The average molecular weight is 555 g/mol. The number of carbonyl (C=O) groups is 2. The quantitative estimate of drug-likeness (QED) is 0.136. The molecule has 3 aromatic rings. The van der Waals surface area contributed by atoms with Crippen LogP contribution in [0, 0.1) is 13.8 Å². The number of ether oxygens (including phenoxy) is 2. The van der Waals surface area contributed by atoms with Crippen LogP contribution < -0.4 is 10.1 Å². The van der Waals surface area contributed by atoms with Crippen LogP contribution in [0.3, 0.4) is 0 Å². The van der Waals surface area contributed by atoms with Crippen LogP contribution in [0.5, 0.6) is 5.75 Å². The molecule has 202 valence electrons. The molecule has 1 aliphatic rings. The third-order valence-electron chi connectivity index (χ3n) is 6.28. The number of anilines is 1. The molecule has 0 radical (unpaired) electrons. The van der Waals surface area contributed by atoms with Crippen LogP contribution in [0.4, 0.5) is 5.00 Å². The smallest absolute Gasteiger partial charge is 0.341 e. The Hall–Kier alpha value is -3.11. The van der Waals surface area contributed by atoms with Gasteiger partial charge in [0.1, 0.15) is 17.4 Å². The molecule has 0 spiro atoms. The molecule has 1 amide bonds.